The Morgan fingerprint density at radius 2 is 2.30 bits per heavy atom. The molecule has 0 fully saturated rings. The fourth-order valence-corrected chi connectivity index (χ4v) is 0.618. The molecule has 3 nitrogen and oxygen atoms in total. The highest BCUT2D eigenvalue weighted by molar-refractivity contribution is 5.71. The molecular weight excluding hydrogens is 132 g/mol. The highest BCUT2D eigenvalue weighted by atomic mass is 16.4. The van der Waals surface area contributed by atoms with Crippen LogP contribution in [0.3, 0.4) is 0 Å². The summed E-state index contributed by atoms with van der Waals surface area (Å²) in [6.07, 6.45) is 3.51. The van der Waals surface area contributed by atoms with E-state index in [1.165, 1.54) is 12.2 Å². The molecule has 0 saturated heterocycles. The van der Waals surface area contributed by atoms with Crippen molar-refractivity contribution >= 4 is 5.97 Å². The third kappa shape index (κ3) is 3.25. The summed E-state index contributed by atoms with van der Waals surface area (Å²) in [6, 6.07) is 0. The molecule has 3 heteroatoms. The molecule has 1 unspecified atom stereocenters. The van der Waals surface area contributed by atoms with Crippen LogP contribution in [0.2, 0.25) is 0 Å². The number of carboxylic acid groups (broad SMARTS) is 1. The van der Waals surface area contributed by atoms with Crippen molar-refractivity contribution in [2.75, 3.05) is 6.61 Å². The number of carboxylic acids is 1. The van der Waals surface area contributed by atoms with Gasteiger partial charge in [-0.2, -0.15) is 0 Å². The molecule has 0 aliphatic heterocycles. The largest absolute Gasteiger partial charge is 0.481 e. The highest BCUT2D eigenvalue weighted by Crippen LogP contribution is 2.03. The van der Waals surface area contributed by atoms with Crippen molar-refractivity contribution in [3.05, 3.63) is 12.2 Å². The van der Waals surface area contributed by atoms with E-state index in [1.807, 2.05) is 0 Å². The van der Waals surface area contributed by atoms with Crippen LogP contribution in [0.5, 0.6) is 0 Å². The van der Waals surface area contributed by atoms with Gasteiger partial charge in [0.2, 0.25) is 0 Å². The molecule has 0 amide bonds. The molecule has 58 valence electrons. The monoisotopic (exact) mass is 144 g/mol. The number of hydrogen-bond donors (Lipinski definition) is 2. The predicted molar refractivity (Wildman–Crippen MR) is 37.6 cm³/mol. The molecule has 0 aromatic rings. The van der Waals surface area contributed by atoms with E-state index in [9.17, 15) is 4.79 Å². The molecule has 0 rings (SSSR count). The second kappa shape index (κ2) is 4.99. The zero-order valence-electron chi connectivity index (χ0n) is 5.95. The lowest BCUT2D eigenvalue weighted by Crippen LogP contribution is -2.09. The molecule has 0 aromatic heterocycles. The minimum Gasteiger partial charge on any atom is -0.481 e. The SMILES string of the molecule is CCC(/C=C\CO)C(=O)O. The van der Waals surface area contributed by atoms with E-state index in [2.05, 4.69) is 0 Å². The first-order chi connectivity index (χ1) is 4.72. The Kier molecular flexibility index (Phi) is 4.58. The lowest BCUT2D eigenvalue weighted by Gasteiger charge is -2.00. The Morgan fingerprint density at radius 1 is 1.70 bits per heavy atom. The van der Waals surface area contributed by atoms with Gasteiger partial charge in [0.15, 0.2) is 0 Å². The Balaban J connectivity index is 3.83. The first-order valence-electron chi connectivity index (χ1n) is 3.22. The van der Waals surface area contributed by atoms with Crippen LogP contribution >= 0.6 is 0 Å². The molecule has 0 heterocycles. The minimum absolute atomic E-state index is 0.0935. The molecule has 0 saturated carbocycles. The second-order valence-electron chi connectivity index (χ2n) is 1.96. The van der Waals surface area contributed by atoms with E-state index in [-0.39, 0.29) is 6.61 Å². The number of rotatable bonds is 4. The molecule has 0 radical (unpaired) electrons. The fourth-order valence-electron chi connectivity index (χ4n) is 0.618. The zero-order chi connectivity index (χ0) is 7.98. The van der Waals surface area contributed by atoms with Gasteiger partial charge in [-0.25, -0.2) is 0 Å². The van der Waals surface area contributed by atoms with Gasteiger partial charge in [-0.3, -0.25) is 4.79 Å². The third-order valence-electron chi connectivity index (χ3n) is 1.23. The topological polar surface area (TPSA) is 57.5 Å². The van der Waals surface area contributed by atoms with Gasteiger partial charge in [0.05, 0.1) is 12.5 Å². The van der Waals surface area contributed by atoms with Crippen LogP contribution in [0.4, 0.5) is 0 Å². The summed E-state index contributed by atoms with van der Waals surface area (Å²) in [5, 5.41) is 16.8. The van der Waals surface area contributed by atoms with Crippen molar-refractivity contribution in [3.8, 4) is 0 Å². The normalized spacial score (nSPS) is 13.8. The van der Waals surface area contributed by atoms with Crippen LogP contribution in [0, 0.1) is 5.92 Å². The number of hydrogen-bond acceptors (Lipinski definition) is 2. The molecule has 10 heavy (non-hydrogen) atoms. The maximum Gasteiger partial charge on any atom is 0.310 e. The zero-order valence-corrected chi connectivity index (χ0v) is 5.95. The predicted octanol–water partition coefficient (Wildman–Crippen LogP) is 0.646. The molecule has 2 N–H and O–H groups in total. The first kappa shape index (κ1) is 9.17. The van der Waals surface area contributed by atoms with Crippen molar-refractivity contribution in [1.29, 1.82) is 0 Å². The second-order valence-corrected chi connectivity index (χ2v) is 1.96. The maximum atomic E-state index is 10.3. The van der Waals surface area contributed by atoms with Crippen LogP contribution in [0.15, 0.2) is 12.2 Å². The van der Waals surface area contributed by atoms with Crippen LogP contribution < -0.4 is 0 Å². The van der Waals surface area contributed by atoms with Crippen molar-refractivity contribution in [2.45, 2.75) is 13.3 Å². The van der Waals surface area contributed by atoms with E-state index >= 15 is 0 Å². The van der Waals surface area contributed by atoms with Crippen molar-refractivity contribution in [3.63, 3.8) is 0 Å². The van der Waals surface area contributed by atoms with Crippen LogP contribution in [-0.2, 0) is 4.79 Å². The number of aliphatic carboxylic acids is 1. The van der Waals surface area contributed by atoms with Gasteiger partial charge in [-0.15, -0.1) is 0 Å². The summed E-state index contributed by atoms with van der Waals surface area (Å²) in [5.74, 6) is -1.29. The molecule has 1 atom stereocenters. The Bertz CT molecular complexity index is 129. The van der Waals surface area contributed by atoms with Gasteiger partial charge in [0.1, 0.15) is 0 Å². The van der Waals surface area contributed by atoms with Gasteiger partial charge in [0, 0.05) is 0 Å². The average Bonchev–Trinajstić information content (AvgIpc) is 1.89. The molecular formula is C7H12O3. The molecule has 0 aliphatic rings. The van der Waals surface area contributed by atoms with Crippen LogP contribution in [0.1, 0.15) is 13.3 Å². The number of aliphatic hydroxyl groups excluding tert-OH is 1. The summed E-state index contributed by atoms with van der Waals surface area (Å²) < 4.78 is 0. The number of aliphatic hydroxyl groups is 1. The molecule has 0 bridgehead atoms. The van der Waals surface area contributed by atoms with E-state index in [0.717, 1.165) is 0 Å². The lowest BCUT2D eigenvalue weighted by molar-refractivity contribution is -0.140. The summed E-state index contributed by atoms with van der Waals surface area (Å²) >= 11 is 0. The van der Waals surface area contributed by atoms with Gasteiger partial charge >= 0.3 is 5.97 Å². The first-order valence-corrected chi connectivity index (χ1v) is 3.22. The Labute approximate surface area is 60.0 Å². The standard InChI is InChI=1S/C7H12O3/c1-2-6(7(9)10)4-3-5-8/h3-4,6,8H,2,5H2,1H3,(H,9,10)/b4-3-. The Hall–Kier alpha value is -0.830. The van der Waals surface area contributed by atoms with E-state index in [0.29, 0.717) is 6.42 Å². The van der Waals surface area contributed by atoms with Gasteiger partial charge in [-0.05, 0) is 6.42 Å². The van der Waals surface area contributed by atoms with Crippen molar-refractivity contribution in [1.82, 2.24) is 0 Å². The highest BCUT2D eigenvalue weighted by Gasteiger charge is 2.09. The quantitative estimate of drug-likeness (QED) is 0.569. The van der Waals surface area contributed by atoms with E-state index < -0.39 is 11.9 Å². The number of carbonyl (C=O) groups is 1. The van der Waals surface area contributed by atoms with Crippen LogP contribution in [0.25, 0.3) is 0 Å². The summed E-state index contributed by atoms with van der Waals surface area (Å²) in [6.45, 7) is 1.70. The summed E-state index contributed by atoms with van der Waals surface area (Å²) in [4.78, 5) is 10.3. The van der Waals surface area contributed by atoms with Gasteiger partial charge in [-0.1, -0.05) is 19.1 Å². The maximum absolute atomic E-state index is 10.3. The Morgan fingerprint density at radius 3 is 2.60 bits per heavy atom. The van der Waals surface area contributed by atoms with E-state index in [4.69, 9.17) is 10.2 Å². The fraction of sp³-hybridized carbons (Fsp3) is 0.571. The summed E-state index contributed by atoms with van der Waals surface area (Å²) in [7, 11) is 0. The van der Waals surface area contributed by atoms with Crippen molar-refractivity contribution < 1.29 is 15.0 Å². The molecule has 0 spiro atoms. The van der Waals surface area contributed by atoms with E-state index in [1.54, 1.807) is 6.92 Å². The third-order valence-corrected chi connectivity index (χ3v) is 1.23. The smallest absolute Gasteiger partial charge is 0.310 e. The van der Waals surface area contributed by atoms with Crippen LogP contribution in [-0.4, -0.2) is 22.8 Å². The minimum atomic E-state index is -0.841. The van der Waals surface area contributed by atoms with Gasteiger partial charge in [0.25, 0.3) is 0 Å². The van der Waals surface area contributed by atoms with Gasteiger partial charge < -0.3 is 10.2 Å². The van der Waals surface area contributed by atoms with Crippen molar-refractivity contribution in [2.24, 2.45) is 5.92 Å². The average molecular weight is 144 g/mol. The lowest BCUT2D eigenvalue weighted by atomic mass is 10.1. The summed E-state index contributed by atoms with van der Waals surface area (Å²) in [5.41, 5.74) is 0. The molecule has 0 aromatic carbocycles. The molecule has 0 aliphatic carbocycles.